The summed E-state index contributed by atoms with van der Waals surface area (Å²) in [7, 11) is 0. The molecule has 1 aromatic heterocycles. The number of nitrogens with two attached hydrogens (primary N) is 1. The molecule has 5 nitrogen and oxygen atoms in total. The lowest BCUT2D eigenvalue weighted by Crippen LogP contribution is -2.19. The van der Waals surface area contributed by atoms with Gasteiger partial charge in [-0.1, -0.05) is 0 Å². The quantitative estimate of drug-likeness (QED) is 0.713. The molecular weight excluding hydrogens is 192 g/mol. The predicted octanol–water partition coefficient (Wildman–Crippen LogP) is -0.273. The first kappa shape index (κ1) is 10.0. The highest BCUT2D eigenvalue weighted by atomic mass is 16.1. The molecule has 0 radical (unpaired) electrons. The zero-order chi connectivity index (χ0) is 10.7. The van der Waals surface area contributed by atoms with Crippen LogP contribution in [0.1, 0.15) is 22.6 Å². The third kappa shape index (κ3) is 2.30. The van der Waals surface area contributed by atoms with Crippen molar-refractivity contribution in [2.45, 2.75) is 12.8 Å². The molecule has 0 aliphatic carbocycles. The highest BCUT2D eigenvalue weighted by Crippen LogP contribution is 2.15. The van der Waals surface area contributed by atoms with Gasteiger partial charge in [-0.25, -0.2) is 4.98 Å². The van der Waals surface area contributed by atoms with Crippen LogP contribution in [0.15, 0.2) is 12.4 Å². The van der Waals surface area contributed by atoms with Gasteiger partial charge in [0.25, 0.3) is 5.91 Å². The number of hydrogen-bond acceptors (Lipinski definition) is 4. The summed E-state index contributed by atoms with van der Waals surface area (Å²) in [5, 5.41) is 3.28. The Hall–Kier alpha value is -1.49. The van der Waals surface area contributed by atoms with Crippen LogP contribution >= 0.6 is 0 Å². The minimum absolute atomic E-state index is 0.310. The molecule has 0 unspecified atom stereocenters. The van der Waals surface area contributed by atoms with E-state index in [1.54, 1.807) is 6.20 Å². The summed E-state index contributed by atoms with van der Waals surface area (Å²) in [6.45, 7) is 2.02. The van der Waals surface area contributed by atoms with Crippen molar-refractivity contribution < 1.29 is 4.79 Å². The molecule has 2 rings (SSSR count). The van der Waals surface area contributed by atoms with E-state index in [1.807, 2.05) is 0 Å². The molecule has 1 aromatic rings. The maximum absolute atomic E-state index is 11.1. The fourth-order valence-electron chi connectivity index (χ4n) is 1.88. The van der Waals surface area contributed by atoms with Crippen molar-refractivity contribution in [2.75, 3.05) is 13.1 Å². The van der Waals surface area contributed by atoms with Crippen LogP contribution in [0, 0.1) is 5.92 Å². The summed E-state index contributed by atoms with van der Waals surface area (Å²) in [5.74, 6) is 0.0452. The molecule has 80 valence electrons. The molecular formula is C10H14N4O. The van der Waals surface area contributed by atoms with Crippen molar-refractivity contribution in [3.05, 3.63) is 23.8 Å². The summed E-state index contributed by atoms with van der Waals surface area (Å²) in [4.78, 5) is 19.2. The van der Waals surface area contributed by atoms with E-state index in [2.05, 4.69) is 15.3 Å². The van der Waals surface area contributed by atoms with E-state index >= 15 is 0 Å². The zero-order valence-corrected chi connectivity index (χ0v) is 8.44. The number of aromatic nitrogens is 2. The predicted molar refractivity (Wildman–Crippen MR) is 55.2 cm³/mol. The van der Waals surface area contributed by atoms with Gasteiger partial charge in [-0.2, -0.15) is 0 Å². The fraction of sp³-hybridized carbons (Fsp3) is 0.500. The van der Waals surface area contributed by atoms with Crippen molar-refractivity contribution >= 4 is 5.91 Å². The van der Waals surface area contributed by atoms with Crippen LogP contribution in [0.3, 0.4) is 0 Å². The molecule has 0 aromatic carbocycles. The van der Waals surface area contributed by atoms with Crippen molar-refractivity contribution in [2.24, 2.45) is 11.7 Å². The normalized spacial score (nSPS) is 20.4. The van der Waals surface area contributed by atoms with Crippen LogP contribution in [0.25, 0.3) is 0 Å². The minimum atomic E-state index is -0.496. The van der Waals surface area contributed by atoms with Gasteiger partial charge in [-0.15, -0.1) is 0 Å². The van der Waals surface area contributed by atoms with Gasteiger partial charge in [0.2, 0.25) is 0 Å². The first-order chi connectivity index (χ1) is 7.27. The summed E-state index contributed by atoms with van der Waals surface area (Å²) in [6.07, 6.45) is 4.99. The summed E-state index contributed by atoms with van der Waals surface area (Å²) in [6, 6.07) is 0. The molecule has 1 aliphatic heterocycles. The number of nitrogens with one attached hydrogen (secondary N) is 1. The van der Waals surface area contributed by atoms with Crippen LogP contribution in [-0.2, 0) is 6.42 Å². The molecule has 1 aliphatic rings. The molecule has 1 amide bonds. The Kier molecular flexibility index (Phi) is 2.91. The molecule has 1 saturated heterocycles. The number of carbonyl (C=O) groups excluding carboxylic acids is 1. The molecule has 15 heavy (non-hydrogen) atoms. The summed E-state index contributed by atoms with van der Waals surface area (Å²) < 4.78 is 0. The van der Waals surface area contributed by atoms with Crippen molar-refractivity contribution in [3.63, 3.8) is 0 Å². The number of nitrogens with zero attached hydrogens (tertiary/aromatic N) is 2. The number of amides is 1. The number of hydrogen-bond donors (Lipinski definition) is 2. The highest BCUT2D eigenvalue weighted by Gasteiger charge is 2.19. The van der Waals surface area contributed by atoms with Gasteiger partial charge in [0, 0.05) is 12.4 Å². The average molecular weight is 206 g/mol. The van der Waals surface area contributed by atoms with E-state index in [4.69, 9.17) is 5.73 Å². The Labute approximate surface area is 88.1 Å². The third-order valence-electron chi connectivity index (χ3n) is 2.65. The Morgan fingerprint density at radius 3 is 3.00 bits per heavy atom. The second kappa shape index (κ2) is 4.35. The maximum atomic E-state index is 11.1. The number of rotatable bonds is 3. The van der Waals surface area contributed by atoms with E-state index in [0.29, 0.717) is 11.6 Å². The smallest absolute Gasteiger partial charge is 0.269 e. The van der Waals surface area contributed by atoms with Crippen molar-refractivity contribution in [3.8, 4) is 0 Å². The van der Waals surface area contributed by atoms with Gasteiger partial charge in [0.05, 0.1) is 5.69 Å². The molecule has 2 heterocycles. The lowest BCUT2D eigenvalue weighted by atomic mass is 10.0. The van der Waals surface area contributed by atoms with Gasteiger partial charge in [0.15, 0.2) is 0 Å². The summed E-state index contributed by atoms with van der Waals surface area (Å²) in [5.41, 5.74) is 6.26. The van der Waals surface area contributed by atoms with E-state index < -0.39 is 5.91 Å². The fourth-order valence-corrected chi connectivity index (χ4v) is 1.88. The largest absolute Gasteiger partial charge is 0.364 e. The van der Waals surface area contributed by atoms with E-state index in [-0.39, 0.29) is 0 Å². The second-order valence-corrected chi connectivity index (χ2v) is 3.78. The van der Waals surface area contributed by atoms with Gasteiger partial charge >= 0.3 is 0 Å². The van der Waals surface area contributed by atoms with Gasteiger partial charge in [0.1, 0.15) is 5.69 Å². The molecule has 0 saturated carbocycles. The first-order valence-corrected chi connectivity index (χ1v) is 5.08. The van der Waals surface area contributed by atoms with Gasteiger partial charge < -0.3 is 11.1 Å². The average Bonchev–Trinajstić information content (AvgIpc) is 2.71. The Morgan fingerprint density at radius 2 is 2.33 bits per heavy atom. The monoisotopic (exact) mass is 206 g/mol. The topological polar surface area (TPSA) is 80.9 Å². The third-order valence-corrected chi connectivity index (χ3v) is 2.65. The van der Waals surface area contributed by atoms with E-state index in [0.717, 1.165) is 31.6 Å². The van der Waals surface area contributed by atoms with Crippen LogP contribution in [0.5, 0.6) is 0 Å². The van der Waals surface area contributed by atoms with Gasteiger partial charge in [-0.05, 0) is 31.8 Å². The standard InChI is InChI=1S/C10H14N4O/c11-10(15)9-8(13-3-4-14-9)5-7-1-2-12-6-7/h3-4,7,12H,1-2,5-6H2,(H2,11,15)/t7-/m1/s1. The van der Waals surface area contributed by atoms with E-state index in [1.165, 1.54) is 6.20 Å². The number of primary amides is 1. The highest BCUT2D eigenvalue weighted by molar-refractivity contribution is 5.91. The lowest BCUT2D eigenvalue weighted by Gasteiger charge is -2.08. The molecule has 1 fully saturated rings. The van der Waals surface area contributed by atoms with E-state index in [9.17, 15) is 4.79 Å². The van der Waals surface area contributed by atoms with Crippen molar-refractivity contribution in [1.82, 2.24) is 15.3 Å². The number of carbonyl (C=O) groups is 1. The Bertz CT molecular complexity index is 360. The van der Waals surface area contributed by atoms with Crippen LogP contribution in [0.2, 0.25) is 0 Å². The zero-order valence-electron chi connectivity index (χ0n) is 8.44. The van der Waals surface area contributed by atoms with Crippen molar-refractivity contribution in [1.29, 1.82) is 0 Å². The first-order valence-electron chi connectivity index (χ1n) is 5.08. The Morgan fingerprint density at radius 1 is 1.53 bits per heavy atom. The SMILES string of the molecule is NC(=O)c1nccnc1C[C@H]1CCNC1. The molecule has 3 N–H and O–H groups in total. The van der Waals surface area contributed by atoms with Crippen LogP contribution < -0.4 is 11.1 Å². The summed E-state index contributed by atoms with van der Waals surface area (Å²) >= 11 is 0. The minimum Gasteiger partial charge on any atom is -0.364 e. The molecule has 1 atom stereocenters. The van der Waals surface area contributed by atoms with Gasteiger partial charge in [-0.3, -0.25) is 9.78 Å². The van der Waals surface area contributed by atoms with Crippen LogP contribution in [-0.4, -0.2) is 29.0 Å². The maximum Gasteiger partial charge on any atom is 0.269 e. The molecule has 0 spiro atoms. The molecule has 0 bridgehead atoms. The lowest BCUT2D eigenvalue weighted by molar-refractivity contribution is 0.0994. The Balaban J connectivity index is 2.15. The molecule has 5 heteroatoms. The second-order valence-electron chi connectivity index (χ2n) is 3.78. The van der Waals surface area contributed by atoms with Crippen LogP contribution in [0.4, 0.5) is 0 Å².